The van der Waals surface area contributed by atoms with Crippen molar-refractivity contribution in [3.8, 4) is 0 Å². The van der Waals surface area contributed by atoms with Gasteiger partial charge in [-0.05, 0) is 19.9 Å². The molecule has 0 aliphatic heterocycles. The van der Waals surface area contributed by atoms with Gasteiger partial charge in [0.25, 0.3) is 0 Å². The Morgan fingerprint density at radius 1 is 1.41 bits per heavy atom. The highest BCUT2D eigenvalue weighted by molar-refractivity contribution is 5.23. The number of aromatic nitrogens is 2. The topological polar surface area (TPSA) is 74.4 Å². The van der Waals surface area contributed by atoms with E-state index in [4.69, 9.17) is 4.42 Å². The zero-order chi connectivity index (χ0) is 12.3. The summed E-state index contributed by atoms with van der Waals surface area (Å²) in [5.74, 6) is 0.563. The highest BCUT2D eigenvalue weighted by Gasteiger charge is 2.33. The molecule has 1 aromatic heterocycles. The molecule has 1 heterocycles. The quantitative estimate of drug-likeness (QED) is 0.782. The van der Waals surface area contributed by atoms with Gasteiger partial charge in [-0.2, -0.15) is 0 Å². The molecule has 0 aromatic carbocycles. The zero-order valence-electron chi connectivity index (χ0n) is 10.4. The van der Waals surface area contributed by atoms with Gasteiger partial charge in [0.2, 0.25) is 5.89 Å². The van der Waals surface area contributed by atoms with Crippen molar-refractivity contribution in [2.24, 2.45) is 0 Å². The average molecular weight is 240 g/mol. The highest BCUT2D eigenvalue weighted by Crippen LogP contribution is 2.30. The Balaban J connectivity index is 1.96. The van der Waals surface area contributed by atoms with E-state index in [9.17, 15) is 5.11 Å². The zero-order valence-corrected chi connectivity index (χ0v) is 10.4. The van der Waals surface area contributed by atoms with Crippen LogP contribution >= 0.6 is 0 Å². The first-order valence-corrected chi connectivity index (χ1v) is 6.03. The third kappa shape index (κ3) is 2.95. The van der Waals surface area contributed by atoms with Gasteiger partial charge in [-0.1, -0.05) is 17.9 Å². The Morgan fingerprint density at radius 3 is 2.76 bits per heavy atom. The molecule has 0 amide bonds. The van der Waals surface area contributed by atoms with E-state index in [-0.39, 0.29) is 0 Å². The summed E-state index contributed by atoms with van der Waals surface area (Å²) in [6.45, 7) is 1.11. The van der Waals surface area contributed by atoms with Crippen LogP contribution < -0.4 is 10.2 Å². The van der Waals surface area contributed by atoms with Crippen molar-refractivity contribution in [1.82, 2.24) is 15.5 Å². The largest absolute Gasteiger partial charge is 0.407 e. The summed E-state index contributed by atoms with van der Waals surface area (Å²) in [7, 11) is 3.70. The van der Waals surface area contributed by atoms with Crippen LogP contribution in [0.25, 0.3) is 0 Å². The van der Waals surface area contributed by atoms with Gasteiger partial charge in [-0.15, -0.1) is 5.10 Å². The lowest BCUT2D eigenvalue weighted by Gasteiger charge is -2.27. The lowest BCUT2D eigenvalue weighted by molar-refractivity contribution is 0.0549. The van der Waals surface area contributed by atoms with Gasteiger partial charge in [0, 0.05) is 7.05 Å². The molecule has 1 fully saturated rings. The summed E-state index contributed by atoms with van der Waals surface area (Å²) in [6.07, 6.45) is 3.90. The van der Waals surface area contributed by atoms with E-state index in [1.807, 2.05) is 19.0 Å². The number of aliphatic hydroxyl groups is 1. The summed E-state index contributed by atoms with van der Waals surface area (Å²) < 4.78 is 5.47. The molecule has 0 spiro atoms. The maximum Gasteiger partial charge on any atom is 0.318 e. The normalized spacial score (nSPS) is 18.5. The first kappa shape index (κ1) is 12.3. The standard InChI is InChI=1S/C11H20N4O2/c1-12-7-9-13-14-10(17-9)15(2)8-11(16)5-3-4-6-11/h12,16H,3-8H2,1-2H3. The van der Waals surface area contributed by atoms with Crippen molar-refractivity contribution < 1.29 is 9.52 Å². The number of nitrogens with zero attached hydrogens (tertiary/aromatic N) is 3. The van der Waals surface area contributed by atoms with Crippen LogP contribution in [0.5, 0.6) is 0 Å². The van der Waals surface area contributed by atoms with E-state index in [2.05, 4.69) is 15.5 Å². The van der Waals surface area contributed by atoms with E-state index in [1.54, 1.807) is 0 Å². The molecule has 1 aromatic rings. The molecule has 2 N–H and O–H groups in total. The number of nitrogens with one attached hydrogen (secondary N) is 1. The molecule has 96 valence electrons. The average Bonchev–Trinajstić information content (AvgIpc) is 2.88. The maximum atomic E-state index is 10.3. The fourth-order valence-corrected chi connectivity index (χ4v) is 2.32. The van der Waals surface area contributed by atoms with Crippen LogP contribution in [0.1, 0.15) is 31.6 Å². The Labute approximate surface area is 101 Å². The van der Waals surface area contributed by atoms with Gasteiger partial charge >= 0.3 is 6.01 Å². The second kappa shape index (κ2) is 5.01. The summed E-state index contributed by atoms with van der Waals surface area (Å²) in [6, 6.07) is 0.468. The minimum atomic E-state index is -0.591. The molecule has 6 heteroatoms. The minimum Gasteiger partial charge on any atom is -0.407 e. The number of anilines is 1. The van der Waals surface area contributed by atoms with Crippen molar-refractivity contribution >= 4 is 6.01 Å². The Hall–Kier alpha value is -1.14. The summed E-state index contributed by atoms with van der Waals surface area (Å²) in [4.78, 5) is 1.83. The smallest absolute Gasteiger partial charge is 0.318 e. The highest BCUT2D eigenvalue weighted by atomic mass is 16.4. The molecule has 0 unspecified atom stereocenters. The molecular formula is C11H20N4O2. The van der Waals surface area contributed by atoms with Crippen LogP contribution in [0.3, 0.4) is 0 Å². The van der Waals surface area contributed by atoms with Crippen molar-refractivity contribution in [1.29, 1.82) is 0 Å². The van der Waals surface area contributed by atoms with Crippen LogP contribution in [0.4, 0.5) is 6.01 Å². The van der Waals surface area contributed by atoms with E-state index in [1.165, 1.54) is 0 Å². The predicted octanol–water partition coefficient (Wildman–Crippen LogP) is 0.530. The Kier molecular flexibility index (Phi) is 3.63. The van der Waals surface area contributed by atoms with Gasteiger partial charge in [-0.3, -0.25) is 0 Å². The second-order valence-electron chi connectivity index (χ2n) is 4.80. The molecule has 0 atom stereocenters. The van der Waals surface area contributed by atoms with Crippen LogP contribution in [-0.2, 0) is 6.54 Å². The molecule has 2 rings (SSSR count). The van der Waals surface area contributed by atoms with E-state index < -0.39 is 5.60 Å². The van der Waals surface area contributed by atoms with Gasteiger partial charge in [0.15, 0.2) is 0 Å². The van der Waals surface area contributed by atoms with Gasteiger partial charge in [0.05, 0.1) is 18.7 Å². The summed E-state index contributed by atoms with van der Waals surface area (Å²) in [5, 5.41) is 21.1. The van der Waals surface area contributed by atoms with Gasteiger partial charge in [-0.25, -0.2) is 0 Å². The first-order valence-electron chi connectivity index (χ1n) is 6.03. The number of hydrogen-bond donors (Lipinski definition) is 2. The molecule has 0 bridgehead atoms. The SMILES string of the molecule is CNCc1nnc(N(C)CC2(O)CCCC2)o1. The summed E-state index contributed by atoms with van der Waals surface area (Å²) >= 11 is 0. The second-order valence-corrected chi connectivity index (χ2v) is 4.80. The third-order valence-corrected chi connectivity index (χ3v) is 3.18. The molecule has 6 nitrogen and oxygen atoms in total. The maximum absolute atomic E-state index is 10.3. The number of hydrogen-bond acceptors (Lipinski definition) is 6. The Bertz CT molecular complexity index is 360. The van der Waals surface area contributed by atoms with E-state index in [0.717, 1.165) is 25.7 Å². The van der Waals surface area contributed by atoms with Crippen LogP contribution in [0.2, 0.25) is 0 Å². The summed E-state index contributed by atoms with van der Waals surface area (Å²) in [5.41, 5.74) is -0.591. The number of rotatable bonds is 5. The third-order valence-electron chi connectivity index (χ3n) is 3.18. The molecule has 0 saturated heterocycles. The van der Waals surface area contributed by atoms with Crippen molar-refractivity contribution in [3.05, 3.63) is 5.89 Å². The van der Waals surface area contributed by atoms with Gasteiger partial charge < -0.3 is 19.7 Å². The Morgan fingerprint density at radius 2 is 2.12 bits per heavy atom. The van der Waals surface area contributed by atoms with Crippen molar-refractivity contribution in [2.75, 3.05) is 25.5 Å². The fourth-order valence-electron chi connectivity index (χ4n) is 2.32. The van der Waals surface area contributed by atoms with Crippen LogP contribution in [-0.4, -0.2) is 41.5 Å². The van der Waals surface area contributed by atoms with Crippen LogP contribution in [0, 0.1) is 0 Å². The van der Waals surface area contributed by atoms with Gasteiger partial charge in [0.1, 0.15) is 0 Å². The van der Waals surface area contributed by atoms with Crippen molar-refractivity contribution in [2.45, 2.75) is 37.8 Å². The molecule has 17 heavy (non-hydrogen) atoms. The molecule has 1 aliphatic rings. The van der Waals surface area contributed by atoms with Crippen LogP contribution in [0.15, 0.2) is 4.42 Å². The lowest BCUT2D eigenvalue weighted by atomic mass is 10.0. The van der Waals surface area contributed by atoms with Crippen molar-refractivity contribution in [3.63, 3.8) is 0 Å². The lowest BCUT2D eigenvalue weighted by Crippen LogP contribution is -2.39. The first-order chi connectivity index (χ1) is 8.13. The van der Waals surface area contributed by atoms with E-state index in [0.29, 0.717) is 25.0 Å². The minimum absolute atomic E-state index is 0.468. The monoisotopic (exact) mass is 240 g/mol. The predicted molar refractivity (Wildman–Crippen MR) is 63.7 cm³/mol. The fraction of sp³-hybridized carbons (Fsp3) is 0.818. The molecular weight excluding hydrogens is 220 g/mol. The molecule has 1 aliphatic carbocycles. The van der Waals surface area contributed by atoms with E-state index >= 15 is 0 Å². The number of likely N-dealkylation sites (N-methyl/N-ethyl adjacent to an activating group) is 1. The molecule has 1 saturated carbocycles. The molecule has 0 radical (unpaired) electrons.